The summed E-state index contributed by atoms with van der Waals surface area (Å²) in [6.45, 7) is 0.598. The van der Waals surface area contributed by atoms with Crippen molar-refractivity contribution in [3.05, 3.63) is 77.6 Å². The van der Waals surface area contributed by atoms with Crippen LogP contribution in [-0.4, -0.2) is 16.5 Å². The van der Waals surface area contributed by atoms with E-state index in [0.29, 0.717) is 11.6 Å². The largest absolute Gasteiger partial charge is 0.368 e. The average Bonchev–Trinajstić information content (AvgIpc) is 2.61. The van der Waals surface area contributed by atoms with Crippen molar-refractivity contribution < 1.29 is 0 Å². The van der Waals surface area contributed by atoms with Gasteiger partial charge in [0.15, 0.2) is 0 Å². The van der Waals surface area contributed by atoms with Gasteiger partial charge in [-0.25, -0.2) is 9.97 Å². The summed E-state index contributed by atoms with van der Waals surface area (Å²) in [5.41, 5.74) is 9.11. The minimum Gasteiger partial charge on any atom is -0.368 e. The van der Waals surface area contributed by atoms with Crippen molar-refractivity contribution in [1.29, 1.82) is 0 Å². The van der Waals surface area contributed by atoms with Crippen LogP contribution in [0.1, 0.15) is 11.6 Å². The molecule has 3 rings (SSSR count). The number of rotatable bonds is 5. The van der Waals surface area contributed by atoms with Crippen molar-refractivity contribution >= 4 is 29.8 Å². The Kier molecular flexibility index (Phi) is 6.55. The van der Waals surface area contributed by atoms with E-state index >= 15 is 0 Å². The minimum absolute atomic E-state index is 0. The van der Waals surface area contributed by atoms with Crippen LogP contribution in [0, 0.1) is 0 Å². The van der Waals surface area contributed by atoms with Gasteiger partial charge >= 0.3 is 0 Å². The van der Waals surface area contributed by atoms with Crippen molar-refractivity contribution in [2.75, 3.05) is 11.9 Å². The van der Waals surface area contributed by atoms with Gasteiger partial charge in [-0.1, -0.05) is 54.1 Å². The van der Waals surface area contributed by atoms with E-state index in [9.17, 15) is 0 Å². The van der Waals surface area contributed by atoms with Crippen molar-refractivity contribution in [3.8, 4) is 11.3 Å². The average molecular weight is 361 g/mol. The molecule has 0 aliphatic carbocycles. The summed E-state index contributed by atoms with van der Waals surface area (Å²) in [4.78, 5) is 8.54. The fourth-order valence-electron chi connectivity index (χ4n) is 2.27. The lowest BCUT2D eigenvalue weighted by atomic mass is 10.1. The first-order valence-corrected chi connectivity index (χ1v) is 7.72. The summed E-state index contributed by atoms with van der Waals surface area (Å²) in [5.74, 6) is 0.747. The molecule has 0 fully saturated rings. The number of nitrogens with zero attached hydrogens (tertiary/aromatic N) is 2. The molecule has 0 amide bonds. The zero-order valence-corrected chi connectivity index (χ0v) is 14.5. The molecule has 0 saturated carbocycles. The number of aromatic nitrogens is 2. The molecule has 1 aromatic heterocycles. The number of anilines is 1. The van der Waals surface area contributed by atoms with E-state index in [1.807, 2.05) is 60.7 Å². The van der Waals surface area contributed by atoms with E-state index in [1.165, 1.54) is 0 Å². The van der Waals surface area contributed by atoms with Crippen LogP contribution in [0.3, 0.4) is 0 Å². The Bertz CT molecular complexity index is 763. The van der Waals surface area contributed by atoms with Gasteiger partial charge in [-0.05, 0) is 17.7 Å². The zero-order valence-electron chi connectivity index (χ0n) is 12.9. The van der Waals surface area contributed by atoms with Crippen LogP contribution < -0.4 is 11.1 Å². The molecule has 3 N–H and O–H groups in total. The molecule has 0 spiro atoms. The number of hydrogen-bond donors (Lipinski definition) is 2. The second kappa shape index (κ2) is 8.64. The number of benzene rings is 2. The van der Waals surface area contributed by atoms with Crippen molar-refractivity contribution in [2.24, 2.45) is 5.73 Å². The zero-order chi connectivity index (χ0) is 16.1. The molecule has 0 bridgehead atoms. The van der Waals surface area contributed by atoms with E-state index in [4.69, 9.17) is 17.3 Å². The van der Waals surface area contributed by atoms with Gasteiger partial charge in [0.1, 0.15) is 12.1 Å². The fraction of sp³-hybridized carbons (Fsp3) is 0.111. The van der Waals surface area contributed by atoms with Crippen LogP contribution in [0.2, 0.25) is 5.02 Å². The first kappa shape index (κ1) is 18.2. The molecule has 0 aliphatic heterocycles. The quantitative estimate of drug-likeness (QED) is 0.710. The summed E-state index contributed by atoms with van der Waals surface area (Å²) in [6, 6.07) is 19.4. The molecule has 3 aromatic rings. The Morgan fingerprint density at radius 1 is 1.00 bits per heavy atom. The highest BCUT2D eigenvalue weighted by molar-refractivity contribution is 6.30. The van der Waals surface area contributed by atoms with Gasteiger partial charge in [0, 0.05) is 29.2 Å². The Morgan fingerprint density at radius 2 is 1.71 bits per heavy atom. The molecule has 0 radical (unpaired) electrons. The third-order valence-corrected chi connectivity index (χ3v) is 3.79. The Labute approximate surface area is 152 Å². The van der Waals surface area contributed by atoms with Crippen molar-refractivity contribution in [2.45, 2.75) is 6.04 Å². The SMILES string of the molecule is Cl.N[C@@H](CNc1cc(-c2ccc(Cl)cc2)ncn1)c1ccccc1. The first-order chi connectivity index (χ1) is 11.2. The number of nitrogens with one attached hydrogen (secondary N) is 1. The van der Waals surface area contributed by atoms with E-state index in [1.54, 1.807) is 6.33 Å². The van der Waals surface area contributed by atoms with E-state index in [2.05, 4.69) is 15.3 Å². The summed E-state index contributed by atoms with van der Waals surface area (Å²) in [6.07, 6.45) is 1.54. The van der Waals surface area contributed by atoms with Crippen molar-refractivity contribution in [3.63, 3.8) is 0 Å². The van der Waals surface area contributed by atoms with Crippen LogP contribution >= 0.6 is 24.0 Å². The van der Waals surface area contributed by atoms with Crippen LogP contribution in [0.15, 0.2) is 67.0 Å². The highest BCUT2D eigenvalue weighted by atomic mass is 35.5. The number of halogens is 2. The second-order valence-electron chi connectivity index (χ2n) is 5.19. The maximum Gasteiger partial charge on any atom is 0.130 e. The summed E-state index contributed by atoms with van der Waals surface area (Å²) >= 11 is 5.91. The van der Waals surface area contributed by atoms with Crippen molar-refractivity contribution in [1.82, 2.24) is 9.97 Å². The van der Waals surface area contributed by atoms with Gasteiger partial charge in [-0.2, -0.15) is 0 Å². The lowest BCUT2D eigenvalue weighted by Gasteiger charge is -2.13. The monoisotopic (exact) mass is 360 g/mol. The van der Waals surface area contributed by atoms with Gasteiger partial charge in [-0.3, -0.25) is 0 Å². The van der Waals surface area contributed by atoms with Gasteiger partial charge in [-0.15, -0.1) is 12.4 Å². The molecule has 124 valence electrons. The summed E-state index contributed by atoms with van der Waals surface area (Å²) < 4.78 is 0. The Hall–Kier alpha value is -2.14. The van der Waals surface area contributed by atoms with Gasteiger partial charge in [0.25, 0.3) is 0 Å². The van der Waals surface area contributed by atoms with Crippen LogP contribution in [-0.2, 0) is 0 Å². The summed E-state index contributed by atoms with van der Waals surface area (Å²) in [7, 11) is 0. The van der Waals surface area contributed by atoms with Gasteiger partial charge in [0.2, 0.25) is 0 Å². The lowest BCUT2D eigenvalue weighted by Crippen LogP contribution is -2.20. The molecule has 24 heavy (non-hydrogen) atoms. The summed E-state index contributed by atoms with van der Waals surface area (Å²) in [5, 5.41) is 3.97. The maximum atomic E-state index is 6.19. The molecule has 0 aliphatic rings. The Balaban J connectivity index is 0.00000208. The molecule has 6 heteroatoms. The highest BCUT2D eigenvalue weighted by Gasteiger charge is 2.06. The molecule has 1 atom stereocenters. The van der Waals surface area contributed by atoms with E-state index < -0.39 is 0 Å². The standard InChI is InChI=1S/C18H17ClN4.ClH/c19-15-8-6-14(7-9-15)17-10-18(23-12-22-17)21-11-16(20)13-4-2-1-3-5-13;/h1-10,12,16H,11,20H2,(H,21,22,23);1H/t16-;/m0./s1. The topological polar surface area (TPSA) is 63.8 Å². The predicted molar refractivity (Wildman–Crippen MR) is 102 cm³/mol. The third-order valence-electron chi connectivity index (χ3n) is 3.54. The van der Waals surface area contributed by atoms with E-state index in [-0.39, 0.29) is 18.4 Å². The van der Waals surface area contributed by atoms with Crippen LogP contribution in [0.5, 0.6) is 0 Å². The minimum atomic E-state index is -0.0925. The lowest BCUT2D eigenvalue weighted by molar-refractivity contribution is 0.761. The fourth-order valence-corrected chi connectivity index (χ4v) is 2.39. The molecule has 0 unspecified atom stereocenters. The maximum absolute atomic E-state index is 6.19. The molecule has 1 heterocycles. The molecular formula is C18H18Cl2N4. The first-order valence-electron chi connectivity index (χ1n) is 7.35. The molecule has 0 saturated heterocycles. The van der Waals surface area contributed by atoms with Gasteiger partial charge in [0.05, 0.1) is 5.69 Å². The van der Waals surface area contributed by atoms with Crippen LogP contribution in [0.25, 0.3) is 11.3 Å². The van der Waals surface area contributed by atoms with Crippen LogP contribution in [0.4, 0.5) is 5.82 Å². The normalized spacial score (nSPS) is 11.4. The number of nitrogens with two attached hydrogens (primary N) is 1. The van der Waals surface area contributed by atoms with E-state index in [0.717, 1.165) is 22.6 Å². The number of hydrogen-bond acceptors (Lipinski definition) is 4. The molecule has 4 nitrogen and oxygen atoms in total. The highest BCUT2D eigenvalue weighted by Crippen LogP contribution is 2.21. The Morgan fingerprint density at radius 3 is 2.42 bits per heavy atom. The smallest absolute Gasteiger partial charge is 0.130 e. The third kappa shape index (κ3) is 4.68. The molecule has 2 aromatic carbocycles. The predicted octanol–water partition coefficient (Wildman–Crippen LogP) is 4.33. The second-order valence-corrected chi connectivity index (χ2v) is 5.63. The van der Waals surface area contributed by atoms with Gasteiger partial charge < -0.3 is 11.1 Å². The molecular weight excluding hydrogens is 343 g/mol.